The van der Waals surface area contributed by atoms with Gasteiger partial charge in [0.1, 0.15) is 0 Å². The van der Waals surface area contributed by atoms with Crippen LogP contribution >= 0.6 is 0 Å². The van der Waals surface area contributed by atoms with Gasteiger partial charge in [-0.3, -0.25) is 0 Å². The van der Waals surface area contributed by atoms with Gasteiger partial charge in [-0.15, -0.1) is 10.2 Å². The van der Waals surface area contributed by atoms with Crippen molar-refractivity contribution in [2.45, 2.75) is 65.7 Å². The van der Waals surface area contributed by atoms with E-state index in [1.807, 2.05) is 0 Å². The second-order valence-corrected chi connectivity index (χ2v) is 15.8. The van der Waals surface area contributed by atoms with E-state index in [-0.39, 0.29) is 0 Å². The van der Waals surface area contributed by atoms with E-state index < -0.39 is 0 Å². The second kappa shape index (κ2) is 15.1. The third-order valence-corrected chi connectivity index (χ3v) is 11.2. The summed E-state index contributed by atoms with van der Waals surface area (Å²) in [4.78, 5) is 0. The van der Waals surface area contributed by atoms with Crippen LogP contribution in [0, 0.1) is 11.8 Å². The molecule has 9 aromatic rings. The fourth-order valence-electron chi connectivity index (χ4n) is 8.79. The van der Waals surface area contributed by atoms with Crippen molar-refractivity contribution < 1.29 is 4.42 Å². The Kier molecular flexibility index (Phi) is 9.53. The Balaban J connectivity index is 1.08. The smallest absolute Gasteiger partial charge is 0.248 e. The number of fused-ring (bicyclic) bond motifs is 6. The summed E-state index contributed by atoms with van der Waals surface area (Å²) in [6.45, 7) is 7.06. The Hall–Kier alpha value is -5.94. The zero-order valence-electron chi connectivity index (χ0n) is 32.1. The lowest BCUT2D eigenvalue weighted by atomic mass is 9.93. The highest BCUT2D eigenvalue weighted by Crippen LogP contribution is 2.38. The van der Waals surface area contributed by atoms with Gasteiger partial charge >= 0.3 is 0 Å². The lowest BCUT2D eigenvalue weighted by Crippen LogP contribution is -2.00. The summed E-state index contributed by atoms with van der Waals surface area (Å²) in [5, 5.41) is 14.2. The van der Waals surface area contributed by atoms with Crippen LogP contribution in [0.15, 0.2) is 144 Å². The molecule has 0 spiro atoms. The maximum atomic E-state index is 6.57. The monoisotopic (exact) mass is 720 g/mol. The van der Waals surface area contributed by atoms with Crippen LogP contribution in [0.3, 0.4) is 0 Å². The summed E-state index contributed by atoms with van der Waals surface area (Å²) in [6.07, 6.45) is 8.82. The third kappa shape index (κ3) is 6.84. The van der Waals surface area contributed by atoms with Crippen molar-refractivity contribution in [3.63, 3.8) is 0 Å². The molecule has 0 saturated carbocycles. The normalized spacial score (nSPS) is 12.5. The first kappa shape index (κ1) is 34.8. The molecule has 3 heterocycles. The van der Waals surface area contributed by atoms with Gasteiger partial charge in [-0.1, -0.05) is 131 Å². The maximum absolute atomic E-state index is 6.57. The number of hydrogen-bond donors (Lipinski definition) is 0. The standard InChI is InChI=1S/C50H48N4O/c1-34(2)29-35(3)17-6-4-5-7-18-36-19-16-20-37(30-36)49-51-52-50(55-49)38-31-39(53-45-25-12-8-21-41(45)42-22-9-13-26-46(42)53)33-40(32-38)54-47-27-14-10-23-43(47)44-24-11-15-28-48(44)54/h8-16,19-28,30-35H,4-7,17-18,29H2,1-3H3. The van der Waals surface area contributed by atoms with E-state index in [9.17, 15) is 0 Å². The summed E-state index contributed by atoms with van der Waals surface area (Å²) in [6, 6.07) is 49.9. The van der Waals surface area contributed by atoms with Gasteiger partial charge in [-0.05, 0) is 91.3 Å². The van der Waals surface area contributed by atoms with Crippen molar-refractivity contribution in [3.05, 3.63) is 145 Å². The van der Waals surface area contributed by atoms with E-state index >= 15 is 0 Å². The second-order valence-electron chi connectivity index (χ2n) is 15.8. The number of nitrogens with zero attached hydrogens (tertiary/aromatic N) is 4. The van der Waals surface area contributed by atoms with E-state index in [4.69, 9.17) is 4.42 Å². The van der Waals surface area contributed by atoms with E-state index in [1.165, 1.54) is 65.6 Å². The number of rotatable bonds is 13. The molecule has 0 aliphatic rings. The average Bonchev–Trinajstić information content (AvgIpc) is 3.92. The van der Waals surface area contributed by atoms with Gasteiger partial charge in [0.15, 0.2) is 0 Å². The third-order valence-electron chi connectivity index (χ3n) is 11.2. The van der Waals surface area contributed by atoms with Crippen molar-refractivity contribution in [1.82, 2.24) is 19.3 Å². The predicted octanol–water partition coefficient (Wildman–Crippen LogP) is 13.8. The molecule has 0 saturated heterocycles. The zero-order chi connectivity index (χ0) is 37.3. The lowest BCUT2D eigenvalue weighted by Gasteiger charge is -2.14. The number of aryl methyl sites for hydroxylation is 1. The number of aromatic nitrogens is 4. The molecule has 1 atom stereocenters. The SMILES string of the molecule is CC(C)CC(C)CCCCCCc1cccc(-c2nnc(-c3cc(-n4c5ccccc5c5ccccc54)cc(-n4c5ccccc5c5ccccc54)c3)o2)c1. The van der Waals surface area contributed by atoms with E-state index in [2.05, 4.69) is 180 Å². The van der Waals surface area contributed by atoms with E-state index in [0.29, 0.717) is 11.8 Å². The topological polar surface area (TPSA) is 48.8 Å². The van der Waals surface area contributed by atoms with Crippen LogP contribution in [0.5, 0.6) is 0 Å². The molecule has 55 heavy (non-hydrogen) atoms. The molecular weight excluding hydrogens is 673 g/mol. The summed E-state index contributed by atoms with van der Waals surface area (Å²) in [7, 11) is 0. The fourth-order valence-corrected chi connectivity index (χ4v) is 8.79. The molecule has 0 fully saturated rings. The number of unbranched alkanes of at least 4 members (excludes halogenated alkanes) is 3. The first-order valence-electron chi connectivity index (χ1n) is 20.1. The molecule has 0 radical (unpaired) electrons. The molecular formula is C50H48N4O. The Labute approximate surface area is 323 Å². The molecule has 0 aliphatic carbocycles. The molecule has 5 heteroatoms. The van der Waals surface area contributed by atoms with Gasteiger partial charge in [0.25, 0.3) is 0 Å². The van der Waals surface area contributed by atoms with Crippen molar-refractivity contribution in [3.8, 4) is 34.3 Å². The van der Waals surface area contributed by atoms with Gasteiger partial charge in [0, 0.05) is 44.0 Å². The minimum atomic E-state index is 0.497. The van der Waals surface area contributed by atoms with Crippen molar-refractivity contribution in [2.24, 2.45) is 11.8 Å². The zero-order valence-corrected chi connectivity index (χ0v) is 32.1. The average molecular weight is 721 g/mol. The van der Waals surface area contributed by atoms with Gasteiger partial charge in [-0.25, -0.2) is 0 Å². The highest BCUT2D eigenvalue weighted by molar-refractivity contribution is 6.10. The quantitative estimate of drug-likeness (QED) is 0.111. The van der Waals surface area contributed by atoms with E-state index in [0.717, 1.165) is 62.8 Å². The van der Waals surface area contributed by atoms with Gasteiger partial charge in [0.2, 0.25) is 11.8 Å². The van der Waals surface area contributed by atoms with Gasteiger partial charge < -0.3 is 13.6 Å². The molecule has 0 aliphatic heterocycles. The van der Waals surface area contributed by atoms with Crippen LogP contribution in [0.2, 0.25) is 0 Å². The highest BCUT2D eigenvalue weighted by Gasteiger charge is 2.19. The Morgan fingerprint density at radius 2 is 0.982 bits per heavy atom. The van der Waals surface area contributed by atoms with Crippen LogP contribution in [0.1, 0.15) is 64.9 Å². The first-order valence-corrected chi connectivity index (χ1v) is 20.1. The van der Waals surface area contributed by atoms with Crippen LogP contribution in [0.4, 0.5) is 0 Å². The van der Waals surface area contributed by atoms with Gasteiger partial charge in [-0.2, -0.15) is 0 Å². The number of para-hydroxylation sites is 4. The molecule has 0 amide bonds. The molecule has 9 rings (SSSR count). The maximum Gasteiger partial charge on any atom is 0.248 e. The Morgan fingerprint density at radius 1 is 0.491 bits per heavy atom. The summed E-state index contributed by atoms with van der Waals surface area (Å²) in [5.41, 5.74) is 9.80. The van der Waals surface area contributed by atoms with Crippen LogP contribution < -0.4 is 0 Å². The summed E-state index contributed by atoms with van der Waals surface area (Å²) < 4.78 is 11.3. The lowest BCUT2D eigenvalue weighted by molar-refractivity contribution is 0.398. The van der Waals surface area contributed by atoms with Crippen molar-refractivity contribution >= 4 is 43.6 Å². The number of benzene rings is 6. The van der Waals surface area contributed by atoms with Crippen LogP contribution in [0.25, 0.3) is 77.9 Å². The molecule has 6 aromatic carbocycles. The molecule has 3 aromatic heterocycles. The molecule has 274 valence electrons. The largest absolute Gasteiger partial charge is 0.416 e. The number of hydrogen-bond acceptors (Lipinski definition) is 3. The van der Waals surface area contributed by atoms with E-state index in [1.54, 1.807) is 0 Å². The first-order chi connectivity index (χ1) is 27.0. The van der Waals surface area contributed by atoms with Crippen molar-refractivity contribution in [1.29, 1.82) is 0 Å². The molecule has 5 nitrogen and oxygen atoms in total. The van der Waals surface area contributed by atoms with Crippen molar-refractivity contribution in [2.75, 3.05) is 0 Å². The van der Waals surface area contributed by atoms with Gasteiger partial charge in [0.05, 0.1) is 22.1 Å². The highest BCUT2D eigenvalue weighted by atomic mass is 16.4. The summed E-state index contributed by atoms with van der Waals surface area (Å²) in [5.74, 6) is 2.65. The molecule has 0 bridgehead atoms. The van der Waals surface area contributed by atoms with Crippen LogP contribution in [-0.2, 0) is 6.42 Å². The summed E-state index contributed by atoms with van der Waals surface area (Å²) >= 11 is 0. The Bertz CT molecular complexity index is 2520. The Morgan fingerprint density at radius 3 is 1.51 bits per heavy atom. The molecule has 1 unspecified atom stereocenters. The fraction of sp³-hybridized carbons (Fsp3) is 0.240. The van der Waals surface area contributed by atoms with Crippen LogP contribution in [-0.4, -0.2) is 19.3 Å². The molecule has 0 N–H and O–H groups in total. The minimum absolute atomic E-state index is 0.497. The predicted molar refractivity (Wildman–Crippen MR) is 229 cm³/mol. The minimum Gasteiger partial charge on any atom is -0.416 e.